The number of unbranched alkanes of at least 4 members (excludes halogenated alkanes) is 18. The Morgan fingerprint density at radius 3 is 1.47 bits per heavy atom. The minimum atomic E-state index is -4.63. The summed E-state index contributed by atoms with van der Waals surface area (Å²) in [5.41, 5.74) is 0. The van der Waals surface area contributed by atoms with Crippen molar-refractivity contribution in [2.75, 3.05) is 26.4 Å². The van der Waals surface area contributed by atoms with E-state index >= 15 is 0 Å². The molecular formula is C44H79O10P. The fourth-order valence-electron chi connectivity index (χ4n) is 5.58. The van der Waals surface area contributed by atoms with Gasteiger partial charge in [0.2, 0.25) is 0 Å². The van der Waals surface area contributed by atoms with Gasteiger partial charge in [-0.15, -0.1) is 0 Å². The number of rotatable bonds is 40. The minimum Gasteiger partial charge on any atom is -0.462 e. The topological polar surface area (TPSA) is 149 Å². The van der Waals surface area contributed by atoms with Crippen molar-refractivity contribution in [3.8, 4) is 0 Å². The predicted octanol–water partition coefficient (Wildman–Crippen LogP) is 11.3. The molecule has 3 N–H and O–H groups in total. The molecule has 55 heavy (non-hydrogen) atoms. The van der Waals surface area contributed by atoms with Gasteiger partial charge in [0, 0.05) is 12.8 Å². The smallest absolute Gasteiger partial charge is 0.462 e. The van der Waals surface area contributed by atoms with Crippen LogP contribution in [-0.2, 0) is 32.7 Å². The van der Waals surface area contributed by atoms with Crippen molar-refractivity contribution in [3.63, 3.8) is 0 Å². The number of phosphoric ester groups is 1. The Morgan fingerprint density at radius 2 is 0.945 bits per heavy atom. The number of hydrogen-bond acceptors (Lipinski definition) is 9. The zero-order valence-electron chi connectivity index (χ0n) is 34.6. The van der Waals surface area contributed by atoms with Gasteiger partial charge in [0.05, 0.1) is 19.8 Å². The van der Waals surface area contributed by atoms with Crippen molar-refractivity contribution >= 4 is 19.8 Å². The summed E-state index contributed by atoms with van der Waals surface area (Å²) in [5, 5.41) is 18.3. The second-order valence-corrected chi connectivity index (χ2v) is 15.8. The van der Waals surface area contributed by atoms with Gasteiger partial charge in [-0.1, -0.05) is 140 Å². The number of ether oxygens (including phenoxy) is 2. The van der Waals surface area contributed by atoms with Crippen LogP contribution in [0.1, 0.15) is 181 Å². The number of phosphoric acid groups is 1. The number of aliphatic hydroxyl groups is 2. The standard InChI is InChI=1S/C44H79O10P/c1-3-5-7-9-11-13-15-17-19-20-22-24-26-28-30-32-34-36-44(48)54-42(40-53-55(49,50)52-38-41(46)37-45)39-51-43(47)35-33-31-29-27-25-23-21-18-16-14-12-10-8-6-4-2/h11,13,17-19,21,25,27,41-42,45-46H,3-10,12,14-16,20,22-24,26,28-40H2,1-2H3,(H,49,50)/b13-11+,19-17+,21-18+,27-25+/t41-,42+/m0/s1. The molecule has 0 spiro atoms. The third-order valence-corrected chi connectivity index (χ3v) is 9.91. The highest BCUT2D eigenvalue weighted by molar-refractivity contribution is 7.47. The number of allylic oxidation sites excluding steroid dienone is 8. The first-order valence-electron chi connectivity index (χ1n) is 21.6. The molecule has 0 amide bonds. The maximum Gasteiger partial charge on any atom is 0.472 e. The van der Waals surface area contributed by atoms with E-state index in [2.05, 4.69) is 67.0 Å². The zero-order chi connectivity index (χ0) is 40.5. The Bertz CT molecular complexity index is 1060. The molecule has 0 radical (unpaired) electrons. The lowest BCUT2D eigenvalue weighted by Crippen LogP contribution is -2.29. The molecule has 0 rings (SSSR count). The Balaban J connectivity index is 4.37. The van der Waals surface area contributed by atoms with Gasteiger partial charge in [-0.3, -0.25) is 18.6 Å². The van der Waals surface area contributed by atoms with Gasteiger partial charge >= 0.3 is 19.8 Å². The molecule has 0 aliphatic heterocycles. The lowest BCUT2D eigenvalue weighted by atomic mass is 10.1. The second kappa shape index (κ2) is 40.1. The maximum atomic E-state index is 12.6. The Hall–Kier alpha value is -2.07. The van der Waals surface area contributed by atoms with Crippen molar-refractivity contribution in [2.45, 2.75) is 193 Å². The second-order valence-electron chi connectivity index (χ2n) is 14.4. The average Bonchev–Trinajstić information content (AvgIpc) is 3.17. The van der Waals surface area contributed by atoms with Crippen LogP contribution in [0.3, 0.4) is 0 Å². The lowest BCUT2D eigenvalue weighted by Gasteiger charge is -2.20. The molecule has 11 heteroatoms. The van der Waals surface area contributed by atoms with Gasteiger partial charge < -0.3 is 24.6 Å². The van der Waals surface area contributed by atoms with Crippen LogP contribution < -0.4 is 0 Å². The SMILES string of the molecule is CCCCC/C=C/C/C=C/CCCCCCCCCC(=O)O[C@H](COC(=O)CCCC/C=C/C/C=C/CCCCCCCC)COP(=O)(O)OC[C@@H](O)CO. The molecule has 0 fully saturated rings. The van der Waals surface area contributed by atoms with Crippen LogP contribution in [0.4, 0.5) is 0 Å². The Labute approximate surface area is 334 Å². The van der Waals surface area contributed by atoms with Crippen LogP contribution in [0.2, 0.25) is 0 Å². The predicted molar refractivity (Wildman–Crippen MR) is 224 cm³/mol. The lowest BCUT2D eigenvalue weighted by molar-refractivity contribution is -0.161. The first-order chi connectivity index (χ1) is 26.7. The highest BCUT2D eigenvalue weighted by Gasteiger charge is 2.27. The molecule has 0 aromatic rings. The summed E-state index contributed by atoms with van der Waals surface area (Å²) in [6, 6.07) is 0. The van der Waals surface area contributed by atoms with Gasteiger partial charge in [0.15, 0.2) is 6.10 Å². The first kappa shape index (κ1) is 52.9. The van der Waals surface area contributed by atoms with Gasteiger partial charge in [0.25, 0.3) is 0 Å². The summed E-state index contributed by atoms with van der Waals surface area (Å²) in [7, 11) is -4.63. The molecular weight excluding hydrogens is 719 g/mol. The van der Waals surface area contributed by atoms with E-state index in [1.807, 2.05) is 0 Å². The Kier molecular flexibility index (Phi) is 38.6. The van der Waals surface area contributed by atoms with Gasteiger partial charge in [-0.25, -0.2) is 4.57 Å². The van der Waals surface area contributed by atoms with Gasteiger partial charge in [-0.05, 0) is 77.0 Å². The molecule has 0 aromatic heterocycles. The van der Waals surface area contributed by atoms with Crippen LogP contribution in [-0.4, -0.2) is 65.7 Å². The highest BCUT2D eigenvalue weighted by Crippen LogP contribution is 2.43. The van der Waals surface area contributed by atoms with E-state index in [9.17, 15) is 24.2 Å². The van der Waals surface area contributed by atoms with E-state index in [4.69, 9.17) is 19.1 Å². The van der Waals surface area contributed by atoms with Crippen molar-refractivity contribution in [1.29, 1.82) is 0 Å². The monoisotopic (exact) mass is 799 g/mol. The number of esters is 2. The fraction of sp³-hybridized carbons (Fsp3) is 0.773. The van der Waals surface area contributed by atoms with E-state index in [1.165, 1.54) is 77.0 Å². The van der Waals surface area contributed by atoms with Crippen LogP contribution in [0, 0.1) is 0 Å². The number of carbonyl (C=O) groups is 2. The molecule has 0 aliphatic carbocycles. The molecule has 0 saturated carbocycles. The first-order valence-corrected chi connectivity index (χ1v) is 23.1. The average molecular weight is 799 g/mol. The summed E-state index contributed by atoms with van der Waals surface area (Å²) < 4.78 is 32.7. The van der Waals surface area contributed by atoms with E-state index in [0.29, 0.717) is 12.8 Å². The summed E-state index contributed by atoms with van der Waals surface area (Å²) in [5.74, 6) is -0.973. The zero-order valence-corrected chi connectivity index (χ0v) is 35.5. The highest BCUT2D eigenvalue weighted by atomic mass is 31.2. The normalized spacial score (nSPS) is 14.3. The van der Waals surface area contributed by atoms with Gasteiger partial charge in [0.1, 0.15) is 12.7 Å². The quantitative estimate of drug-likeness (QED) is 0.0237. The number of hydrogen-bond donors (Lipinski definition) is 3. The summed E-state index contributed by atoms with van der Waals surface area (Å²) in [4.78, 5) is 35.0. The number of carbonyl (C=O) groups excluding carboxylic acids is 2. The van der Waals surface area contributed by atoms with Crippen molar-refractivity contribution in [1.82, 2.24) is 0 Å². The van der Waals surface area contributed by atoms with E-state index < -0.39 is 51.8 Å². The number of aliphatic hydroxyl groups excluding tert-OH is 2. The van der Waals surface area contributed by atoms with Crippen molar-refractivity contribution in [2.24, 2.45) is 0 Å². The summed E-state index contributed by atoms with van der Waals surface area (Å²) >= 11 is 0. The van der Waals surface area contributed by atoms with Crippen LogP contribution in [0.25, 0.3) is 0 Å². The molecule has 1 unspecified atom stereocenters. The Morgan fingerprint density at radius 1 is 0.545 bits per heavy atom. The van der Waals surface area contributed by atoms with E-state index in [1.54, 1.807) is 0 Å². The minimum absolute atomic E-state index is 0.167. The van der Waals surface area contributed by atoms with E-state index in [0.717, 1.165) is 64.2 Å². The maximum absolute atomic E-state index is 12.6. The summed E-state index contributed by atoms with van der Waals surface area (Å²) in [6.07, 6.45) is 42.2. The third-order valence-electron chi connectivity index (χ3n) is 8.96. The summed E-state index contributed by atoms with van der Waals surface area (Å²) in [6.45, 7) is 2.30. The molecule has 3 atom stereocenters. The fourth-order valence-corrected chi connectivity index (χ4v) is 6.37. The van der Waals surface area contributed by atoms with Crippen LogP contribution in [0.15, 0.2) is 48.6 Å². The molecule has 0 aromatic carbocycles. The third kappa shape index (κ3) is 39.9. The van der Waals surface area contributed by atoms with Gasteiger partial charge in [-0.2, -0.15) is 0 Å². The molecule has 0 saturated heterocycles. The molecule has 0 aliphatic rings. The largest absolute Gasteiger partial charge is 0.472 e. The molecule has 0 heterocycles. The molecule has 0 bridgehead atoms. The van der Waals surface area contributed by atoms with Crippen molar-refractivity contribution < 1.29 is 47.8 Å². The van der Waals surface area contributed by atoms with Crippen molar-refractivity contribution in [3.05, 3.63) is 48.6 Å². The molecule has 10 nitrogen and oxygen atoms in total. The van der Waals surface area contributed by atoms with Crippen LogP contribution >= 0.6 is 7.82 Å². The molecule has 320 valence electrons. The van der Waals surface area contributed by atoms with E-state index in [-0.39, 0.29) is 19.4 Å². The van der Waals surface area contributed by atoms with Crippen LogP contribution in [0.5, 0.6) is 0 Å².